The van der Waals surface area contributed by atoms with Crippen LogP contribution in [0.5, 0.6) is 0 Å². The van der Waals surface area contributed by atoms with Gasteiger partial charge in [-0.05, 0) is 25.1 Å². The Morgan fingerprint density at radius 3 is 2.86 bits per heavy atom. The minimum absolute atomic E-state index is 0.179. The van der Waals surface area contributed by atoms with Crippen molar-refractivity contribution in [2.45, 2.75) is 13.0 Å². The Hall–Kier alpha value is -1.55. The average molecular weight is 193 g/mol. The number of primary amides is 1. The summed E-state index contributed by atoms with van der Waals surface area (Å²) in [6, 6.07) is 7.23. The van der Waals surface area contributed by atoms with Crippen molar-refractivity contribution in [3.05, 3.63) is 29.8 Å². The molecule has 1 aromatic carbocycles. The number of nitrogens with one attached hydrogen (secondary N) is 1. The van der Waals surface area contributed by atoms with Crippen molar-refractivity contribution >= 4 is 11.6 Å². The summed E-state index contributed by atoms with van der Waals surface area (Å²) >= 11 is 0. The monoisotopic (exact) mass is 193 g/mol. The van der Waals surface area contributed by atoms with E-state index in [-0.39, 0.29) is 6.04 Å². The molecule has 14 heavy (non-hydrogen) atoms. The first-order valence-corrected chi connectivity index (χ1v) is 4.50. The van der Waals surface area contributed by atoms with Gasteiger partial charge in [0.15, 0.2) is 0 Å². The summed E-state index contributed by atoms with van der Waals surface area (Å²) in [5, 5.41) is 3.15. The van der Waals surface area contributed by atoms with E-state index >= 15 is 0 Å². The summed E-state index contributed by atoms with van der Waals surface area (Å²) in [7, 11) is 0. The molecule has 0 spiro atoms. The molecule has 0 heterocycles. The average Bonchev–Trinajstić information content (AvgIpc) is 2.18. The minimum Gasteiger partial charge on any atom is -0.381 e. The highest BCUT2D eigenvalue weighted by atomic mass is 16.1. The van der Waals surface area contributed by atoms with Gasteiger partial charge in [0.2, 0.25) is 5.91 Å². The van der Waals surface area contributed by atoms with Crippen LogP contribution in [0.4, 0.5) is 5.69 Å². The SMILES string of the molecule is CC(CN)Nc1cccc(C(N)=O)c1. The van der Waals surface area contributed by atoms with Crippen LogP contribution in [0.3, 0.4) is 0 Å². The Morgan fingerprint density at radius 2 is 2.29 bits per heavy atom. The molecule has 1 amide bonds. The third-order valence-electron chi connectivity index (χ3n) is 1.91. The van der Waals surface area contributed by atoms with Gasteiger partial charge in [-0.1, -0.05) is 6.07 Å². The molecule has 0 aliphatic heterocycles. The maximum absolute atomic E-state index is 10.9. The fraction of sp³-hybridized carbons (Fsp3) is 0.300. The number of carbonyl (C=O) groups excluding carboxylic acids is 1. The molecule has 1 atom stereocenters. The first kappa shape index (κ1) is 10.5. The Labute approximate surface area is 83.3 Å². The summed E-state index contributed by atoms with van der Waals surface area (Å²) in [5.74, 6) is -0.422. The van der Waals surface area contributed by atoms with E-state index in [2.05, 4.69) is 5.32 Å². The van der Waals surface area contributed by atoms with Crippen LogP contribution in [0.1, 0.15) is 17.3 Å². The van der Waals surface area contributed by atoms with Gasteiger partial charge in [0.25, 0.3) is 0 Å². The first-order valence-electron chi connectivity index (χ1n) is 4.50. The number of hydrogen-bond donors (Lipinski definition) is 3. The van der Waals surface area contributed by atoms with Crippen LogP contribution in [-0.2, 0) is 0 Å². The maximum Gasteiger partial charge on any atom is 0.248 e. The van der Waals surface area contributed by atoms with Gasteiger partial charge in [-0.15, -0.1) is 0 Å². The molecule has 0 saturated carbocycles. The summed E-state index contributed by atoms with van der Waals surface area (Å²) in [5.41, 5.74) is 12.0. The zero-order chi connectivity index (χ0) is 10.6. The highest BCUT2D eigenvalue weighted by Crippen LogP contribution is 2.10. The quantitative estimate of drug-likeness (QED) is 0.653. The number of amides is 1. The summed E-state index contributed by atoms with van der Waals surface area (Å²) in [6.07, 6.45) is 0. The molecule has 0 aliphatic rings. The molecule has 1 aromatic rings. The van der Waals surface area contributed by atoms with E-state index < -0.39 is 5.91 Å². The molecule has 1 unspecified atom stereocenters. The van der Waals surface area contributed by atoms with E-state index in [0.717, 1.165) is 5.69 Å². The van der Waals surface area contributed by atoms with Crippen LogP contribution in [0.25, 0.3) is 0 Å². The molecule has 4 nitrogen and oxygen atoms in total. The molecular weight excluding hydrogens is 178 g/mol. The van der Waals surface area contributed by atoms with Crippen LogP contribution in [-0.4, -0.2) is 18.5 Å². The molecule has 1 rings (SSSR count). The maximum atomic E-state index is 10.9. The van der Waals surface area contributed by atoms with Crippen LogP contribution >= 0.6 is 0 Å². The van der Waals surface area contributed by atoms with Crippen molar-refractivity contribution < 1.29 is 4.79 Å². The van der Waals surface area contributed by atoms with E-state index in [1.165, 1.54) is 0 Å². The van der Waals surface area contributed by atoms with Gasteiger partial charge in [-0.2, -0.15) is 0 Å². The second-order valence-corrected chi connectivity index (χ2v) is 3.23. The van der Waals surface area contributed by atoms with Crippen molar-refractivity contribution in [2.24, 2.45) is 11.5 Å². The number of hydrogen-bond acceptors (Lipinski definition) is 3. The number of anilines is 1. The summed E-state index contributed by atoms with van der Waals surface area (Å²) < 4.78 is 0. The molecule has 0 aliphatic carbocycles. The molecule has 0 fully saturated rings. The molecule has 0 aromatic heterocycles. The highest BCUT2D eigenvalue weighted by molar-refractivity contribution is 5.93. The molecular formula is C10H15N3O. The normalized spacial score (nSPS) is 12.1. The summed E-state index contributed by atoms with van der Waals surface area (Å²) in [6.45, 7) is 2.51. The third kappa shape index (κ3) is 2.74. The van der Waals surface area contributed by atoms with Crippen LogP contribution in [0, 0.1) is 0 Å². The van der Waals surface area contributed by atoms with Crippen LogP contribution in [0.15, 0.2) is 24.3 Å². The molecule has 0 bridgehead atoms. The van der Waals surface area contributed by atoms with Gasteiger partial charge in [0, 0.05) is 23.8 Å². The molecule has 5 N–H and O–H groups in total. The highest BCUT2D eigenvalue weighted by Gasteiger charge is 2.02. The van der Waals surface area contributed by atoms with E-state index in [0.29, 0.717) is 12.1 Å². The smallest absolute Gasteiger partial charge is 0.248 e. The number of nitrogens with two attached hydrogens (primary N) is 2. The van der Waals surface area contributed by atoms with Crippen LogP contribution in [0.2, 0.25) is 0 Å². The van der Waals surface area contributed by atoms with Crippen molar-refractivity contribution in [1.82, 2.24) is 0 Å². The largest absolute Gasteiger partial charge is 0.381 e. The lowest BCUT2D eigenvalue weighted by atomic mass is 10.2. The molecule has 0 radical (unpaired) electrons. The second kappa shape index (κ2) is 4.62. The Balaban J connectivity index is 2.78. The number of rotatable bonds is 4. The van der Waals surface area contributed by atoms with E-state index in [4.69, 9.17) is 11.5 Å². The minimum atomic E-state index is -0.422. The fourth-order valence-electron chi connectivity index (χ4n) is 1.11. The lowest BCUT2D eigenvalue weighted by Crippen LogP contribution is -2.25. The van der Waals surface area contributed by atoms with Gasteiger partial charge >= 0.3 is 0 Å². The Bertz CT molecular complexity index is 325. The Kier molecular flexibility index (Phi) is 3.48. The first-order chi connectivity index (χ1) is 6.63. The molecule has 0 saturated heterocycles. The molecule has 76 valence electrons. The van der Waals surface area contributed by atoms with Gasteiger partial charge < -0.3 is 16.8 Å². The van der Waals surface area contributed by atoms with Crippen molar-refractivity contribution in [1.29, 1.82) is 0 Å². The predicted octanol–water partition coefficient (Wildman–Crippen LogP) is 0.545. The lowest BCUT2D eigenvalue weighted by Gasteiger charge is -2.12. The van der Waals surface area contributed by atoms with Crippen molar-refractivity contribution in [3.8, 4) is 0 Å². The van der Waals surface area contributed by atoms with Crippen LogP contribution < -0.4 is 16.8 Å². The number of benzene rings is 1. The van der Waals surface area contributed by atoms with E-state index in [9.17, 15) is 4.79 Å². The van der Waals surface area contributed by atoms with Crippen molar-refractivity contribution in [2.75, 3.05) is 11.9 Å². The summed E-state index contributed by atoms with van der Waals surface area (Å²) in [4.78, 5) is 10.9. The standard InChI is InChI=1S/C10H15N3O/c1-7(6-11)13-9-4-2-3-8(5-9)10(12)14/h2-5,7,13H,6,11H2,1H3,(H2,12,14). The van der Waals surface area contributed by atoms with Crippen molar-refractivity contribution in [3.63, 3.8) is 0 Å². The lowest BCUT2D eigenvalue weighted by molar-refractivity contribution is 0.100. The Morgan fingerprint density at radius 1 is 1.57 bits per heavy atom. The predicted molar refractivity (Wildman–Crippen MR) is 57.1 cm³/mol. The molecule has 4 heteroatoms. The van der Waals surface area contributed by atoms with E-state index in [1.54, 1.807) is 18.2 Å². The third-order valence-corrected chi connectivity index (χ3v) is 1.91. The van der Waals surface area contributed by atoms with E-state index in [1.807, 2.05) is 13.0 Å². The zero-order valence-electron chi connectivity index (χ0n) is 8.16. The van der Waals surface area contributed by atoms with Gasteiger partial charge in [0.1, 0.15) is 0 Å². The topological polar surface area (TPSA) is 81.1 Å². The zero-order valence-corrected chi connectivity index (χ0v) is 8.16. The van der Waals surface area contributed by atoms with Gasteiger partial charge in [-0.25, -0.2) is 0 Å². The van der Waals surface area contributed by atoms with Gasteiger partial charge in [-0.3, -0.25) is 4.79 Å². The van der Waals surface area contributed by atoms with Gasteiger partial charge in [0.05, 0.1) is 0 Å². The fourth-order valence-corrected chi connectivity index (χ4v) is 1.11. The number of carbonyl (C=O) groups is 1. The second-order valence-electron chi connectivity index (χ2n) is 3.23.